The number of morpholine rings is 1. The first-order valence-corrected chi connectivity index (χ1v) is 11.8. The number of likely N-dealkylation sites (tertiary alicyclic amines) is 1. The number of para-hydroxylation sites is 1. The molecule has 1 aromatic carbocycles. The number of rotatable bonds is 7. The highest BCUT2D eigenvalue weighted by molar-refractivity contribution is 6.04. The molecular weight excluding hydrogens is 392 g/mol. The van der Waals surface area contributed by atoms with Gasteiger partial charge in [-0.25, -0.2) is 0 Å². The normalized spacial score (nSPS) is 25.9. The Morgan fingerprint density at radius 1 is 1.00 bits per heavy atom. The Morgan fingerprint density at radius 3 is 2.35 bits per heavy atom. The number of anilines is 1. The molecule has 0 radical (unpaired) electrons. The van der Waals surface area contributed by atoms with Gasteiger partial charge < -0.3 is 15.4 Å². The van der Waals surface area contributed by atoms with Crippen LogP contribution in [-0.4, -0.2) is 79.1 Å². The monoisotopic (exact) mass is 428 g/mol. The van der Waals surface area contributed by atoms with Crippen LogP contribution in [0.5, 0.6) is 0 Å². The molecule has 2 aliphatic heterocycles. The van der Waals surface area contributed by atoms with Gasteiger partial charge >= 0.3 is 0 Å². The van der Waals surface area contributed by atoms with E-state index in [2.05, 4.69) is 34.3 Å². The fraction of sp³-hybridized carbons (Fsp3) is 0.667. The lowest BCUT2D eigenvalue weighted by Crippen LogP contribution is -2.48. The standard InChI is InChI=1S/C24H36N4O3/c1-17-13-28(14-18(2)31-17)15-19-9-11-27(12-10-19)16-23(29)26-22-6-4-3-5-21(22)24(30)25-20-7-8-20/h3-6,17-20H,7-16H2,1-2H3,(H,25,30)(H,26,29). The summed E-state index contributed by atoms with van der Waals surface area (Å²) in [7, 11) is 0. The first kappa shape index (κ1) is 22.2. The van der Waals surface area contributed by atoms with E-state index in [0.29, 0.717) is 42.0 Å². The molecule has 2 N–H and O–H groups in total. The molecule has 1 saturated carbocycles. The van der Waals surface area contributed by atoms with E-state index in [1.54, 1.807) is 12.1 Å². The number of hydrogen-bond acceptors (Lipinski definition) is 5. The summed E-state index contributed by atoms with van der Waals surface area (Å²) in [6, 6.07) is 7.55. The van der Waals surface area contributed by atoms with Crippen molar-refractivity contribution in [1.29, 1.82) is 0 Å². The second kappa shape index (κ2) is 10.1. The van der Waals surface area contributed by atoms with Crippen molar-refractivity contribution in [2.75, 3.05) is 44.6 Å². The number of carbonyl (C=O) groups excluding carboxylic acids is 2. The molecule has 3 aliphatic rings. The quantitative estimate of drug-likeness (QED) is 0.697. The number of carbonyl (C=O) groups is 2. The average Bonchev–Trinajstić information content (AvgIpc) is 3.53. The van der Waals surface area contributed by atoms with Gasteiger partial charge in [-0.15, -0.1) is 0 Å². The summed E-state index contributed by atoms with van der Waals surface area (Å²) in [6.45, 7) is 9.71. The van der Waals surface area contributed by atoms with Gasteiger partial charge in [0.1, 0.15) is 0 Å². The minimum atomic E-state index is -0.106. The van der Waals surface area contributed by atoms with Crippen LogP contribution >= 0.6 is 0 Å². The summed E-state index contributed by atoms with van der Waals surface area (Å²) in [5.74, 6) is 0.524. The molecule has 2 heterocycles. The van der Waals surface area contributed by atoms with Crippen molar-refractivity contribution in [3.8, 4) is 0 Å². The van der Waals surface area contributed by atoms with Gasteiger partial charge in [0, 0.05) is 25.7 Å². The van der Waals surface area contributed by atoms with Gasteiger partial charge in [-0.2, -0.15) is 0 Å². The van der Waals surface area contributed by atoms with Crippen molar-refractivity contribution < 1.29 is 14.3 Å². The Morgan fingerprint density at radius 2 is 1.68 bits per heavy atom. The van der Waals surface area contributed by atoms with Crippen LogP contribution in [0.2, 0.25) is 0 Å². The maximum Gasteiger partial charge on any atom is 0.253 e. The van der Waals surface area contributed by atoms with E-state index in [4.69, 9.17) is 4.74 Å². The molecule has 2 unspecified atom stereocenters. The van der Waals surface area contributed by atoms with Gasteiger partial charge in [0.25, 0.3) is 5.91 Å². The maximum atomic E-state index is 12.7. The first-order valence-electron chi connectivity index (χ1n) is 11.8. The summed E-state index contributed by atoms with van der Waals surface area (Å²) in [5.41, 5.74) is 1.13. The van der Waals surface area contributed by atoms with Crippen molar-refractivity contribution in [3.05, 3.63) is 29.8 Å². The highest BCUT2D eigenvalue weighted by Crippen LogP contribution is 2.23. The van der Waals surface area contributed by atoms with Crippen molar-refractivity contribution in [1.82, 2.24) is 15.1 Å². The third-order valence-electron chi connectivity index (χ3n) is 6.44. The number of nitrogens with zero attached hydrogens (tertiary/aromatic N) is 2. The summed E-state index contributed by atoms with van der Waals surface area (Å²) in [6.07, 6.45) is 4.94. The Labute approximate surface area is 185 Å². The maximum absolute atomic E-state index is 12.7. The minimum absolute atomic E-state index is 0.0547. The van der Waals surface area contributed by atoms with E-state index < -0.39 is 0 Å². The van der Waals surface area contributed by atoms with Gasteiger partial charge in [0.2, 0.25) is 5.91 Å². The zero-order chi connectivity index (χ0) is 21.8. The van der Waals surface area contributed by atoms with Gasteiger partial charge in [-0.3, -0.25) is 19.4 Å². The smallest absolute Gasteiger partial charge is 0.253 e. The summed E-state index contributed by atoms with van der Waals surface area (Å²) >= 11 is 0. The van der Waals surface area contributed by atoms with E-state index in [-0.39, 0.29) is 11.8 Å². The van der Waals surface area contributed by atoms with Gasteiger partial charge in [0.05, 0.1) is 30.0 Å². The SMILES string of the molecule is CC1CN(CC2CCN(CC(=O)Nc3ccccc3C(=O)NC3CC3)CC2)CC(C)O1. The van der Waals surface area contributed by atoms with E-state index in [1.807, 2.05) is 12.1 Å². The third kappa shape index (κ3) is 6.51. The van der Waals surface area contributed by atoms with Crippen molar-refractivity contribution >= 4 is 17.5 Å². The van der Waals surface area contributed by atoms with Gasteiger partial charge in [0.15, 0.2) is 0 Å². The largest absolute Gasteiger partial charge is 0.373 e. The molecule has 1 aliphatic carbocycles. The number of ether oxygens (including phenoxy) is 1. The number of piperidine rings is 1. The lowest BCUT2D eigenvalue weighted by Gasteiger charge is -2.39. The third-order valence-corrected chi connectivity index (χ3v) is 6.44. The number of hydrogen-bond donors (Lipinski definition) is 2. The molecule has 1 aromatic rings. The Balaban J connectivity index is 1.22. The molecule has 170 valence electrons. The van der Waals surface area contributed by atoms with Crippen LogP contribution in [0.1, 0.15) is 49.9 Å². The number of benzene rings is 1. The molecule has 2 saturated heterocycles. The van der Waals surface area contributed by atoms with Crippen molar-refractivity contribution in [2.24, 2.45) is 5.92 Å². The van der Waals surface area contributed by atoms with Crippen LogP contribution in [-0.2, 0) is 9.53 Å². The molecule has 0 bridgehead atoms. The van der Waals surface area contributed by atoms with Crippen LogP contribution in [0, 0.1) is 5.92 Å². The zero-order valence-electron chi connectivity index (χ0n) is 18.8. The highest BCUT2D eigenvalue weighted by atomic mass is 16.5. The average molecular weight is 429 g/mol. The minimum Gasteiger partial charge on any atom is -0.373 e. The summed E-state index contributed by atoms with van der Waals surface area (Å²) < 4.78 is 5.84. The van der Waals surface area contributed by atoms with Crippen LogP contribution in [0.15, 0.2) is 24.3 Å². The predicted octanol–water partition coefficient (Wildman–Crippen LogP) is 2.34. The fourth-order valence-electron chi connectivity index (χ4n) is 4.80. The van der Waals surface area contributed by atoms with Crippen LogP contribution in [0.4, 0.5) is 5.69 Å². The van der Waals surface area contributed by atoms with E-state index in [1.165, 1.54) is 0 Å². The lowest BCUT2D eigenvalue weighted by molar-refractivity contribution is -0.117. The molecule has 0 spiro atoms. The zero-order valence-corrected chi connectivity index (χ0v) is 18.8. The van der Waals surface area contributed by atoms with Crippen LogP contribution in [0.25, 0.3) is 0 Å². The first-order chi connectivity index (χ1) is 15.0. The molecule has 7 heteroatoms. The summed E-state index contributed by atoms with van der Waals surface area (Å²) in [4.78, 5) is 29.9. The van der Waals surface area contributed by atoms with E-state index >= 15 is 0 Å². The highest BCUT2D eigenvalue weighted by Gasteiger charge is 2.28. The van der Waals surface area contributed by atoms with Crippen molar-refractivity contribution in [3.63, 3.8) is 0 Å². The molecule has 7 nitrogen and oxygen atoms in total. The van der Waals surface area contributed by atoms with Crippen LogP contribution in [0.3, 0.4) is 0 Å². The summed E-state index contributed by atoms with van der Waals surface area (Å²) in [5, 5.41) is 5.95. The Hall–Kier alpha value is -1.96. The second-order valence-corrected chi connectivity index (χ2v) is 9.54. The molecule has 31 heavy (non-hydrogen) atoms. The molecule has 3 fully saturated rings. The van der Waals surface area contributed by atoms with Crippen LogP contribution < -0.4 is 10.6 Å². The lowest BCUT2D eigenvalue weighted by atomic mass is 9.95. The fourth-order valence-corrected chi connectivity index (χ4v) is 4.80. The molecule has 2 atom stereocenters. The predicted molar refractivity (Wildman–Crippen MR) is 121 cm³/mol. The van der Waals surface area contributed by atoms with E-state index in [9.17, 15) is 9.59 Å². The molecular formula is C24H36N4O3. The number of amides is 2. The van der Waals surface area contributed by atoms with Crippen molar-refractivity contribution in [2.45, 2.75) is 57.8 Å². The Bertz CT molecular complexity index is 764. The topological polar surface area (TPSA) is 73.9 Å². The Kier molecular flexibility index (Phi) is 7.25. The van der Waals surface area contributed by atoms with E-state index in [0.717, 1.165) is 58.4 Å². The molecule has 2 amide bonds. The number of nitrogens with one attached hydrogen (secondary N) is 2. The van der Waals surface area contributed by atoms with Gasteiger partial charge in [-0.05, 0) is 70.7 Å². The molecule has 4 rings (SSSR count). The van der Waals surface area contributed by atoms with Gasteiger partial charge in [-0.1, -0.05) is 12.1 Å². The second-order valence-electron chi connectivity index (χ2n) is 9.54. The molecule has 0 aromatic heterocycles.